The van der Waals surface area contributed by atoms with Gasteiger partial charge >= 0.3 is 0 Å². The maximum Gasteiger partial charge on any atom is 0.264 e. The molecule has 6 nitrogen and oxygen atoms in total. The predicted molar refractivity (Wildman–Crippen MR) is 103 cm³/mol. The first-order valence-corrected chi connectivity index (χ1v) is 9.58. The second-order valence-corrected chi connectivity index (χ2v) is 7.75. The Kier molecular flexibility index (Phi) is 3.56. The highest BCUT2D eigenvalue weighted by Gasteiger charge is 2.23. The van der Waals surface area contributed by atoms with Crippen LogP contribution in [0.5, 0.6) is 5.75 Å². The van der Waals surface area contributed by atoms with Gasteiger partial charge in [-0.3, -0.25) is 4.79 Å². The van der Waals surface area contributed by atoms with Crippen LogP contribution in [-0.2, 0) is 17.6 Å². The van der Waals surface area contributed by atoms with Crippen LogP contribution in [0.15, 0.2) is 24.5 Å². The van der Waals surface area contributed by atoms with Crippen molar-refractivity contribution in [2.24, 2.45) is 0 Å². The van der Waals surface area contributed by atoms with Crippen molar-refractivity contribution >= 4 is 44.7 Å². The number of nitrogens with zero attached hydrogens (tertiary/aromatic N) is 3. The Morgan fingerprint density at radius 2 is 2.12 bits per heavy atom. The minimum atomic E-state index is -0.0500. The van der Waals surface area contributed by atoms with Gasteiger partial charge in [-0.1, -0.05) is 0 Å². The van der Waals surface area contributed by atoms with Gasteiger partial charge in [0.05, 0.1) is 11.1 Å². The van der Waals surface area contributed by atoms with Gasteiger partial charge in [0, 0.05) is 17.6 Å². The fraction of sp³-hybridized carbons (Fsp3) is 0.316. The van der Waals surface area contributed by atoms with E-state index in [0.29, 0.717) is 0 Å². The minimum Gasteiger partial charge on any atom is -0.482 e. The molecular formula is C19H18N4O2S. The number of aromatic nitrogens is 2. The molecule has 0 radical (unpaired) electrons. The average Bonchev–Trinajstić information content (AvgIpc) is 3.05. The fourth-order valence-electron chi connectivity index (χ4n) is 3.67. The van der Waals surface area contributed by atoms with Crippen molar-refractivity contribution < 1.29 is 9.53 Å². The second-order valence-electron chi connectivity index (χ2n) is 6.66. The molecule has 1 amide bonds. The molecule has 0 unspecified atom stereocenters. The van der Waals surface area contributed by atoms with Gasteiger partial charge in [0.2, 0.25) is 0 Å². The average molecular weight is 366 g/mol. The third-order valence-electron chi connectivity index (χ3n) is 5.06. The van der Waals surface area contributed by atoms with Gasteiger partial charge in [-0.2, -0.15) is 0 Å². The van der Waals surface area contributed by atoms with E-state index in [0.717, 1.165) is 46.0 Å². The van der Waals surface area contributed by atoms with E-state index >= 15 is 0 Å². The summed E-state index contributed by atoms with van der Waals surface area (Å²) >= 11 is 1.78. The largest absolute Gasteiger partial charge is 0.482 e. The number of amides is 1. The lowest BCUT2D eigenvalue weighted by Crippen LogP contribution is -2.35. The maximum atomic E-state index is 11.9. The van der Waals surface area contributed by atoms with Crippen LogP contribution in [0.25, 0.3) is 10.2 Å². The normalized spacial score (nSPS) is 16.2. The van der Waals surface area contributed by atoms with Crippen LogP contribution in [0.1, 0.15) is 23.3 Å². The van der Waals surface area contributed by atoms with Gasteiger partial charge < -0.3 is 15.0 Å². The Bertz CT molecular complexity index is 1030. The Balaban J connectivity index is 1.56. The number of hydrogen-bond acceptors (Lipinski definition) is 6. The van der Waals surface area contributed by atoms with E-state index < -0.39 is 0 Å². The summed E-state index contributed by atoms with van der Waals surface area (Å²) < 4.78 is 5.50. The van der Waals surface area contributed by atoms with Crippen molar-refractivity contribution in [3.05, 3.63) is 35.0 Å². The molecular weight excluding hydrogens is 348 g/mol. The van der Waals surface area contributed by atoms with E-state index in [-0.39, 0.29) is 12.5 Å². The quantitative estimate of drug-likeness (QED) is 0.749. The number of fused-ring (bicyclic) bond motifs is 4. The third-order valence-corrected chi connectivity index (χ3v) is 6.26. The third kappa shape index (κ3) is 2.42. The van der Waals surface area contributed by atoms with E-state index in [1.165, 1.54) is 23.3 Å². The van der Waals surface area contributed by atoms with Gasteiger partial charge in [-0.15, -0.1) is 11.3 Å². The topological polar surface area (TPSA) is 67.3 Å². The van der Waals surface area contributed by atoms with Crippen LogP contribution in [0.3, 0.4) is 0 Å². The van der Waals surface area contributed by atoms with Crippen molar-refractivity contribution in [1.82, 2.24) is 9.97 Å². The Morgan fingerprint density at radius 1 is 1.23 bits per heavy atom. The maximum absolute atomic E-state index is 11.9. The summed E-state index contributed by atoms with van der Waals surface area (Å²) in [6.07, 6.45) is 6.31. The van der Waals surface area contributed by atoms with Gasteiger partial charge in [0.15, 0.2) is 6.61 Å². The number of carbonyl (C=O) groups excluding carboxylic acids is 1. The number of aryl methyl sites for hydroxylation is 2. The van der Waals surface area contributed by atoms with E-state index in [9.17, 15) is 4.79 Å². The van der Waals surface area contributed by atoms with Crippen molar-refractivity contribution in [3.8, 4) is 5.75 Å². The molecule has 5 rings (SSSR count). The number of carbonyl (C=O) groups is 1. The highest BCUT2D eigenvalue weighted by molar-refractivity contribution is 7.19. The van der Waals surface area contributed by atoms with E-state index in [1.54, 1.807) is 29.6 Å². The number of rotatable bonds is 2. The molecule has 0 atom stereocenters. The molecule has 2 aromatic heterocycles. The van der Waals surface area contributed by atoms with Crippen molar-refractivity contribution in [2.75, 3.05) is 23.9 Å². The van der Waals surface area contributed by atoms with Crippen molar-refractivity contribution in [2.45, 2.75) is 25.7 Å². The van der Waals surface area contributed by atoms with E-state index in [2.05, 4.69) is 15.3 Å². The monoisotopic (exact) mass is 366 g/mol. The lowest BCUT2D eigenvalue weighted by atomic mass is 9.97. The van der Waals surface area contributed by atoms with Crippen LogP contribution in [0.2, 0.25) is 0 Å². The Labute approximate surface area is 154 Å². The smallest absolute Gasteiger partial charge is 0.264 e. The zero-order chi connectivity index (χ0) is 17.7. The van der Waals surface area contributed by atoms with E-state index in [4.69, 9.17) is 4.74 Å². The fourth-order valence-corrected chi connectivity index (χ4v) is 4.90. The van der Waals surface area contributed by atoms with Gasteiger partial charge in [0.1, 0.15) is 22.7 Å². The first-order valence-electron chi connectivity index (χ1n) is 8.76. The molecule has 1 N–H and O–H groups in total. The van der Waals surface area contributed by atoms with Crippen LogP contribution in [0.4, 0.5) is 17.2 Å². The number of likely N-dealkylation sites (N-methyl/N-ethyl adjacent to an activating group) is 1. The molecule has 1 aromatic carbocycles. The standard InChI is InChI=1S/C19H18N4O2S/c1-23-13-8-11(6-7-14(13)25-9-16(23)24)22-18-17-12-4-2-3-5-15(12)26-19(17)21-10-20-18/h6-8,10H,2-5,9H2,1H3,(H,20,21,22). The Hall–Kier alpha value is -2.67. The molecule has 26 heavy (non-hydrogen) atoms. The van der Waals surface area contributed by atoms with Gasteiger partial charge in [-0.05, 0) is 49.4 Å². The summed E-state index contributed by atoms with van der Waals surface area (Å²) in [6.45, 7) is 0.0872. The molecule has 7 heteroatoms. The number of benzene rings is 1. The number of anilines is 3. The number of thiophene rings is 1. The number of ether oxygens (including phenoxy) is 1. The first-order chi connectivity index (χ1) is 12.7. The molecule has 1 aliphatic heterocycles. The molecule has 3 heterocycles. The molecule has 0 spiro atoms. The van der Waals surface area contributed by atoms with Crippen LogP contribution >= 0.6 is 11.3 Å². The summed E-state index contributed by atoms with van der Waals surface area (Å²) in [5.74, 6) is 1.50. The lowest BCUT2D eigenvalue weighted by molar-refractivity contribution is -0.120. The number of hydrogen-bond donors (Lipinski definition) is 1. The molecule has 0 bridgehead atoms. The lowest BCUT2D eigenvalue weighted by Gasteiger charge is -2.26. The van der Waals surface area contributed by atoms with E-state index in [1.807, 2.05) is 18.2 Å². The highest BCUT2D eigenvalue weighted by atomic mass is 32.1. The highest BCUT2D eigenvalue weighted by Crippen LogP contribution is 2.40. The van der Waals surface area contributed by atoms with Crippen molar-refractivity contribution in [3.63, 3.8) is 0 Å². The predicted octanol–water partition coefficient (Wildman–Crippen LogP) is 3.67. The summed E-state index contributed by atoms with van der Waals surface area (Å²) in [6, 6.07) is 5.77. The summed E-state index contributed by atoms with van der Waals surface area (Å²) in [5, 5.41) is 4.57. The molecule has 0 saturated carbocycles. The molecule has 132 valence electrons. The first kappa shape index (κ1) is 15.6. The van der Waals surface area contributed by atoms with Crippen LogP contribution < -0.4 is 15.0 Å². The molecule has 3 aromatic rings. The molecule has 0 fully saturated rings. The zero-order valence-corrected chi connectivity index (χ0v) is 15.2. The summed E-state index contributed by atoms with van der Waals surface area (Å²) in [5.41, 5.74) is 3.04. The summed E-state index contributed by atoms with van der Waals surface area (Å²) in [7, 11) is 1.77. The zero-order valence-electron chi connectivity index (χ0n) is 14.4. The minimum absolute atomic E-state index is 0.0500. The van der Waals surface area contributed by atoms with Gasteiger partial charge in [0.25, 0.3) is 5.91 Å². The molecule has 2 aliphatic rings. The van der Waals surface area contributed by atoms with Gasteiger partial charge in [-0.25, -0.2) is 9.97 Å². The molecule has 1 aliphatic carbocycles. The second kappa shape index (κ2) is 5.95. The number of nitrogens with one attached hydrogen (secondary N) is 1. The Morgan fingerprint density at radius 3 is 3.04 bits per heavy atom. The molecule has 0 saturated heterocycles. The van der Waals surface area contributed by atoms with Crippen molar-refractivity contribution in [1.29, 1.82) is 0 Å². The van der Waals surface area contributed by atoms with Crippen LogP contribution in [-0.4, -0.2) is 29.5 Å². The van der Waals surface area contributed by atoms with Crippen LogP contribution in [0, 0.1) is 0 Å². The SMILES string of the molecule is CN1C(=O)COc2ccc(Nc3ncnc4sc5c(c34)CCCC5)cc21. The summed E-state index contributed by atoms with van der Waals surface area (Å²) in [4.78, 5) is 25.0.